The monoisotopic (exact) mass is 468 g/mol. The van der Waals surface area contributed by atoms with Crippen LogP contribution in [0.4, 0.5) is 5.69 Å². The van der Waals surface area contributed by atoms with Gasteiger partial charge in [0.2, 0.25) is 0 Å². The van der Waals surface area contributed by atoms with Gasteiger partial charge in [-0.2, -0.15) is 5.10 Å². The van der Waals surface area contributed by atoms with Gasteiger partial charge in [0.15, 0.2) is 17.2 Å². The molecular formula is C25H28N10. The molecule has 178 valence electrons. The zero-order valence-corrected chi connectivity index (χ0v) is 20.2. The van der Waals surface area contributed by atoms with E-state index >= 15 is 0 Å². The van der Waals surface area contributed by atoms with Crippen LogP contribution < -0.4 is 4.90 Å². The molecule has 5 aromatic heterocycles. The van der Waals surface area contributed by atoms with E-state index in [1.54, 1.807) is 0 Å². The summed E-state index contributed by atoms with van der Waals surface area (Å²) in [5.74, 6) is 0.657. The van der Waals surface area contributed by atoms with Crippen LogP contribution in [0.25, 0.3) is 45.0 Å². The molecule has 0 unspecified atom stereocenters. The van der Waals surface area contributed by atoms with E-state index in [2.05, 4.69) is 59.0 Å². The molecule has 1 fully saturated rings. The molecule has 10 nitrogen and oxygen atoms in total. The third kappa shape index (κ3) is 4.11. The molecule has 0 bridgehead atoms. The highest BCUT2D eigenvalue weighted by atomic mass is 15.3. The summed E-state index contributed by atoms with van der Waals surface area (Å²) >= 11 is 0. The molecule has 1 aliphatic heterocycles. The Labute approximate surface area is 203 Å². The molecule has 1 aliphatic rings. The van der Waals surface area contributed by atoms with E-state index in [1.807, 2.05) is 44.8 Å². The van der Waals surface area contributed by atoms with Crippen LogP contribution >= 0.6 is 0 Å². The van der Waals surface area contributed by atoms with Crippen molar-refractivity contribution in [1.82, 2.24) is 44.9 Å². The lowest BCUT2D eigenvalue weighted by atomic mass is 10.1. The van der Waals surface area contributed by atoms with E-state index in [0.717, 1.165) is 71.8 Å². The van der Waals surface area contributed by atoms with Gasteiger partial charge < -0.3 is 19.7 Å². The average Bonchev–Trinajstić information content (AvgIpc) is 3.48. The van der Waals surface area contributed by atoms with E-state index in [4.69, 9.17) is 9.97 Å². The second-order valence-electron chi connectivity index (χ2n) is 9.39. The molecule has 0 aliphatic carbocycles. The van der Waals surface area contributed by atoms with Crippen LogP contribution in [0, 0.1) is 0 Å². The number of nitrogens with one attached hydrogen (secondary N) is 2. The summed E-state index contributed by atoms with van der Waals surface area (Å²) < 4.78 is 0. The normalized spacial score (nSPS) is 15.0. The van der Waals surface area contributed by atoms with Crippen molar-refractivity contribution in [3.63, 3.8) is 0 Å². The first-order chi connectivity index (χ1) is 17.0. The van der Waals surface area contributed by atoms with Crippen molar-refractivity contribution in [2.45, 2.75) is 6.54 Å². The maximum Gasteiger partial charge on any atom is 0.180 e. The summed E-state index contributed by atoms with van der Waals surface area (Å²) in [7, 11) is 6.25. The molecule has 0 amide bonds. The first-order valence-electron chi connectivity index (χ1n) is 11.8. The van der Waals surface area contributed by atoms with Crippen molar-refractivity contribution in [2.75, 3.05) is 52.2 Å². The number of imidazole rings is 1. The number of anilines is 1. The maximum atomic E-state index is 4.95. The van der Waals surface area contributed by atoms with E-state index in [0.29, 0.717) is 17.2 Å². The van der Waals surface area contributed by atoms with E-state index in [9.17, 15) is 0 Å². The molecule has 2 N–H and O–H groups in total. The number of nitrogens with zero attached hydrogens (tertiary/aromatic N) is 8. The number of aromatic nitrogens is 7. The number of aromatic amines is 2. The highest BCUT2D eigenvalue weighted by Gasteiger charge is 2.21. The largest absolute Gasteiger partial charge is 0.367 e. The molecule has 35 heavy (non-hydrogen) atoms. The lowest BCUT2D eigenvalue weighted by molar-refractivity contribution is 0.313. The fraction of sp³-hybridized carbons (Fsp3) is 0.320. The molecule has 6 heterocycles. The Hall–Kier alpha value is -3.89. The minimum absolute atomic E-state index is 0.657. The van der Waals surface area contributed by atoms with Gasteiger partial charge in [0, 0.05) is 56.9 Å². The minimum atomic E-state index is 0.657. The molecule has 6 rings (SSSR count). The molecule has 0 radical (unpaired) electrons. The predicted molar refractivity (Wildman–Crippen MR) is 137 cm³/mol. The number of H-pyrrole nitrogens is 2. The van der Waals surface area contributed by atoms with Gasteiger partial charge in [-0.15, -0.1) is 0 Å². The Morgan fingerprint density at radius 2 is 1.89 bits per heavy atom. The van der Waals surface area contributed by atoms with Crippen molar-refractivity contribution < 1.29 is 0 Å². The van der Waals surface area contributed by atoms with Crippen LogP contribution in [-0.2, 0) is 6.54 Å². The third-order valence-electron chi connectivity index (χ3n) is 6.44. The number of likely N-dealkylation sites (N-methyl/N-ethyl adjacent to an activating group) is 1. The van der Waals surface area contributed by atoms with Crippen LogP contribution in [0.2, 0.25) is 0 Å². The Morgan fingerprint density at radius 3 is 2.71 bits per heavy atom. The number of hydrogen-bond acceptors (Lipinski definition) is 8. The predicted octanol–water partition coefficient (Wildman–Crippen LogP) is 2.77. The molecule has 0 saturated carbocycles. The Morgan fingerprint density at radius 1 is 1.03 bits per heavy atom. The second kappa shape index (κ2) is 8.71. The van der Waals surface area contributed by atoms with E-state index in [1.165, 1.54) is 0 Å². The third-order valence-corrected chi connectivity index (χ3v) is 6.44. The molecule has 0 atom stereocenters. The van der Waals surface area contributed by atoms with Gasteiger partial charge in [-0.05, 0) is 51.0 Å². The molecule has 10 heteroatoms. The van der Waals surface area contributed by atoms with Crippen molar-refractivity contribution in [3.05, 3.63) is 48.4 Å². The summed E-state index contributed by atoms with van der Waals surface area (Å²) in [5.41, 5.74) is 8.00. The van der Waals surface area contributed by atoms with Gasteiger partial charge >= 0.3 is 0 Å². The summed E-state index contributed by atoms with van der Waals surface area (Å²) in [6.07, 6.45) is 5.57. The van der Waals surface area contributed by atoms with Gasteiger partial charge in [0.1, 0.15) is 11.0 Å². The maximum absolute atomic E-state index is 4.95. The van der Waals surface area contributed by atoms with Gasteiger partial charge in [0.25, 0.3) is 0 Å². The Balaban J connectivity index is 1.39. The van der Waals surface area contributed by atoms with Crippen LogP contribution in [-0.4, -0.2) is 92.2 Å². The summed E-state index contributed by atoms with van der Waals surface area (Å²) in [4.78, 5) is 29.0. The number of pyridine rings is 3. The van der Waals surface area contributed by atoms with Gasteiger partial charge in [-0.3, -0.25) is 10.1 Å². The van der Waals surface area contributed by atoms with E-state index in [-0.39, 0.29) is 0 Å². The lowest BCUT2D eigenvalue weighted by Crippen LogP contribution is -2.44. The highest BCUT2D eigenvalue weighted by molar-refractivity contribution is 5.93. The second-order valence-corrected chi connectivity index (χ2v) is 9.39. The first kappa shape index (κ1) is 21.6. The quantitative estimate of drug-likeness (QED) is 0.406. The fourth-order valence-electron chi connectivity index (χ4n) is 4.62. The number of rotatable bonds is 5. The smallest absolute Gasteiger partial charge is 0.180 e. The van der Waals surface area contributed by atoms with Gasteiger partial charge in [-0.1, -0.05) is 0 Å². The molecular weight excluding hydrogens is 440 g/mol. The van der Waals surface area contributed by atoms with Crippen molar-refractivity contribution in [1.29, 1.82) is 0 Å². The zero-order chi connectivity index (χ0) is 23.9. The zero-order valence-electron chi connectivity index (χ0n) is 20.2. The number of hydrogen-bond donors (Lipinski definition) is 2. The Bertz CT molecular complexity index is 1490. The minimum Gasteiger partial charge on any atom is -0.367 e. The summed E-state index contributed by atoms with van der Waals surface area (Å²) in [5, 5.41) is 7.65. The average molecular weight is 469 g/mol. The van der Waals surface area contributed by atoms with Crippen LogP contribution in [0.15, 0.2) is 42.9 Å². The van der Waals surface area contributed by atoms with Crippen molar-refractivity contribution in [2.24, 2.45) is 0 Å². The molecule has 1 saturated heterocycles. The Kier molecular flexibility index (Phi) is 5.39. The van der Waals surface area contributed by atoms with Crippen LogP contribution in [0.1, 0.15) is 5.56 Å². The standard InChI is InChI=1S/C25H28N10/c1-33(2)15-16-12-17(14-26-13-16)18-4-5-19-21(28-18)23(32-31-19)25-29-22-20(6-7-27-24(22)30-25)35-10-8-34(3)9-11-35/h4-7,12-14H,8-11,15H2,1-3H3,(H,31,32)(H,27,29,30). The highest BCUT2D eigenvalue weighted by Crippen LogP contribution is 2.30. The number of fused-ring (bicyclic) bond motifs is 2. The SMILES string of the molecule is CN(C)Cc1cncc(-c2ccc3[nH]nc(-c4nc5nccc(N6CCN(C)CC6)c5[nH]4)c3n2)c1. The first-order valence-corrected chi connectivity index (χ1v) is 11.8. The van der Waals surface area contributed by atoms with Crippen molar-refractivity contribution >= 4 is 27.9 Å². The topological polar surface area (TPSA) is 106 Å². The lowest BCUT2D eigenvalue weighted by Gasteiger charge is -2.34. The van der Waals surface area contributed by atoms with Crippen LogP contribution in [0.5, 0.6) is 0 Å². The molecule has 0 spiro atoms. The van der Waals surface area contributed by atoms with Crippen LogP contribution in [0.3, 0.4) is 0 Å². The van der Waals surface area contributed by atoms with Crippen molar-refractivity contribution in [3.8, 4) is 22.8 Å². The van der Waals surface area contributed by atoms with E-state index < -0.39 is 0 Å². The molecule has 5 aromatic rings. The van der Waals surface area contributed by atoms with Gasteiger partial charge in [-0.25, -0.2) is 15.0 Å². The fourth-order valence-corrected chi connectivity index (χ4v) is 4.62. The summed E-state index contributed by atoms with van der Waals surface area (Å²) in [6, 6.07) is 8.19. The molecule has 0 aromatic carbocycles. The number of piperazine rings is 1. The van der Waals surface area contributed by atoms with Gasteiger partial charge in [0.05, 0.1) is 16.9 Å². The summed E-state index contributed by atoms with van der Waals surface area (Å²) in [6.45, 7) is 4.84.